The van der Waals surface area contributed by atoms with E-state index in [1.807, 2.05) is 0 Å². The fourth-order valence-corrected chi connectivity index (χ4v) is 0.401. The molecular weight excluding hydrogens is 171 g/mol. The number of carbonyl (C=O) groups is 1. The van der Waals surface area contributed by atoms with Crippen molar-refractivity contribution >= 4 is 28.4 Å². The normalized spacial score (nSPS) is 8.00. The van der Waals surface area contributed by atoms with E-state index in [-0.39, 0.29) is 5.24 Å². The van der Waals surface area contributed by atoms with Gasteiger partial charge >= 0.3 is 0 Å². The van der Waals surface area contributed by atoms with Crippen LogP contribution in [0.5, 0.6) is 0 Å². The van der Waals surface area contributed by atoms with Crippen LogP contribution in [0.4, 0.5) is 0 Å². The predicted octanol–water partition coefficient (Wildman–Crippen LogP) is 3.19. The van der Waals surface area contributed by atoms with Crippen LogP contribution in [0.2, 0.25) is 0 Å². The summed E-state index contributed by atoms with van der Waals surface area (Å²) in [6.45, 7) is 3.84. The summed E-state index contributed by atoms with van der Waals surface area (Å²) in [6, 6.07) is 0. The van der Waals surface area contributed by atoms with Crippen molar-refractivity contribution in [1.82, 2.24) is 0 Å². The van der Waals surface area contributed by atoms with Gasteiger partial charge in [-0.2, -0.15) is 0 Å². The maximum Gasteiger partial charge on any atom is 0.221 e. The van der Waals surface area contributed by atoms with Crippen molar-refractivity contribution in [3.63, 3.8) is 0 Å². The van der Waals surface area contributed by atoms with Gasteiger partial charge in [0, 0.05) is 12.3 Å². The molecule has 0 N–H and O–H groups in total. The number of rotatable bonds is 3. The van der Waals surface area contributed by atoms with E-state index in [0.717, 1.165) is 12.3 Å². The maximum absolute atomic E-state index is 9.58. The van der Waals surface area contributed by atoms with Gasteiger partial charge in [-0.1, -0.05) is 20.3 Å². The lowest BCUT2D eigenvalue weighted by atomic mass is 10.4. The molecule has 0 atom stereocenters. The van der Waals surface area contributed by atoms with Crippen LogP contribution < -0.4 is 0 Å². The second kappa shape index (κ2) is 12.0. The molecule has 0 fully saturated rings. The summed E-state index contributed by atoms with van der Waals surface area (Å²) in [5.74, 6) is 0.816. The van der Waals surface area contributed by atoms with Crippen LogP contribution in [0.15, 0.2) is 0 Å². The van der Waals surface area contributed by atoms with Crippen molar-refractivity contribution in [3.8, 4) is 0 Å². The molecule has 0 unspecified atom stereocenters. The first-order valence-electron chi connectivity index (χ1n) is 3.43. The molecule has 1 nitrogen and oxygen atoms in total. The zero-order chi connectivity index (χ0) is 8.41. The molecule has 0 radical (unpaired) electrons. The minimum atomic E-state index is -0.273. The Bertz CT molecular complexity index is 72.0. The summed E-state index contributed by atoms with van der Waals surface area (Å²) in [6.07, 6.45) is 2.80. The molecule has 0 bridgehead atoms. The number of carbonyl (C=O) groups excluding carboxylic acids is 1. The number of unbranched alkanes of at least 4 members (excludes halogenated alkanes) is 1. The van der Waals surface area contributed by atoms with Gasteiger partial charge in [-0.05, 0) is 18.0 Å². The first kappa shape index (κ1) is 12.9. The van der Waals surface area contributed by atoms with Crippen LogP contribution in [0, 0.1) is 0 Å². The van der Waals surface area contributed by atoms with Gasteiger partial charge in [-0.3, -0.25) is 4.79 Å². The molecular formula is C7H14Cl2O. The lowest BCUT2D eigenvalue weighted by Crippen LogP contribution is -1.74. The topological polar surface area (TPSA) is 17.1 Å². The summed E-state index contributed by atoms with van der Waals surface area (Å²) in [7, 11) is 0. The first-order valence-corrected chi connectivity index (χ1v) is 4.34. The molecule has 0 rings (SSSR count). The highest BCUT2D eigenvalue weighted by molar-refractivity contribution is 6.63. The Kier molecular flexibility index (Phi) is 15.4. The molecule has 0 aromatic heterocycles. The van der Waals surface area contributed by atoms with Crippen molar-refractivity contribution < 1.29 is 4.79 Å². The zero-order valence-electron chi connectivity index (χ0n) is 6.49. The summed E-state index contributed by atoms with van der Waals surface area (Å²) in [5, 5.41) is -0.273. The van der Waals surface area contributed by atoms with E-state index >= 15 is 0 Å². The second-order valence-electron chi connectivity index (χ2n) is 1.75. The highest BCUT2D eigenvalue weighted by Crippen LogP contribution is 1.86. The maximum atomic E-state index is 9.58. The van der Waals surface area contributed by atoms with Gasteiger partial charge in [-0.15, -0.1) is 11.6 Å². The third-order valence-electron chi connectivity index (χ3n) is 0.765. The van der Waals surface area contributed by atoms with Crippen LogP contribution in [0.1, 0.15) is 33.1 Å². The van der Waals surface area contributed by atoms with Crippen LogP contribution in [0.25, 0.3) is 0 Å². The quantitative estimate of drug-likeness (QED) is 0.487. The lowest BCUT2D eigenvalue weighted by Gasteiger charge is -1.77. The molecule has 0 aromatic carbocycles. The van der Waals surface area contributed by atoms with Crippen LogP contribution in [-0.4, -0.2) is 11.1 Å². The molecule has 0 heterocycles. The van der Waals surface area contributed by atoms with Crippen molar-refractivity contribution in [2.24, 2.45) is 0 Å². The van der Waals surface area contributed by atoms with Gasteiger partial charge in [0.05, 0.1) is 0 Å². The summed E-state index contributed by atoms with van der Waals surface area (Å²) in [4.78, 5) is 9.58. The van der Waals surface area contributed by atoms with E-state index < -0.39 is 0 Å². The Morgan fingerprint density at radius 3 is 1.80 bits per heavy atom. The molecule has 62 valence electrons. The van der Waals surface area contributed by atoms with Gasteiger partial charge in [0.15, 0.2) is 0 Å². The molecule has 0 aliphatic rings. The Morgan fingerprint density at radius 1 is 1.40 bits per heavy atom. The average Bonchev–Trinajstić information content (AvgIpc) is 1.91. The largest absolute Gasteiger partial charge is 0.281 e. The molecule has 0 amide bonds. The molecule has 10 heavy (non-hydrogen) atoms. The number of hydrogen-bond acceptors (Lipinski definition) is 1. The second-order valence-corrected chi connectivity index (χ2v) is 2.55. The van der Waals surface area contributed by atoms with Crippen LogP contribution in [0.3, 0.4) is 0 Å². The SMILES string of the molecule is CCC(=O)Cl.CCCCCl. The zero-order valence-corrected chi connectivity index (χ0v) is 8.00. The third kappa shape index (κ3) is 24.0. The van der Waals surface area contributed by atoms with E-state index in [4.69, 9.17) is 23.2 Å². The third-order valence-corrected chi connectivity index (χ3v) is 1.30. The molecule has 0 spiro atoms. The van der Waals surface area contributed by atoms with E-state index in [1.54, 1.807) is 6.92 Å². The molecule has 0 aliphatic heterocycles. The Hall–Kier alpha value is 0.250. The lowest BCUT2D eigenvalue weighted by molar-refractivity contribution is -0.111. The van der Waals surface area contributed by atoms with Crippen molar-refractivity contribution in [2.45, 2.75) is 33.1 Å². The van der Waals surface area contributed by atoms with Gasteiger partial charge in [0.1, 0.15) is 0 Å². The Morgan fingerprint density at radius 2 is 1.80 bits per heavy atom. The predicted molar refractivity (Wildman–Crippen MR) is 46.8 cm³/mol. The van der Waals surface area contributed by atoms with Gasteiger partial charge < -0.3 is 0 Å². The van der Waals surface area contributed by atoms with Crippen molar-refractivity contribution in [1.29, 1.82) is 0 Å². The van der Waals surface area contributed by atoms with Crippen molar-refractivity contribution in [3.05, 3.63) is 0 Å². The summed E-state index contributed by atoms with van der Waals surface area (Å²) < 4.78 is 0. The smallest absolute Gasteiger partial charge is 0.221 e. The standard InChI is InChI=1S/C4H9Cl.C3H5ClO/c1-2-3-4-5;1-2-3(4)5/h2-4H2,1H3;2H2,1H3. The van der Waals surface area contributed by atoms with E-state index in [0.29, 0.717) is 6.42 Å². The first-order chi connectivity index (χ1) is 4.68. The van der Waals surface area contributed by atoms with Gasteiger partial charge in [0.2, 0.25) is 5.24 Å². The molecule has 0 saturated carbocycles. The molecule has 0 saturated heterocycles. The minimum Gasteiger partial charge on any atom is -0.281 e. The van der Waals surface area contributed by atoms with E-state index in [1.165, 1.54) is 6.42 Å². The van der Waals surface area contributed by atoms with E-state index in [2.05, 4.69) is 6.92 Å². The number of hydrogen-bond donors (Lipinski definition) is 0. The van der Waals surface area contributed by atoms with Crippen molar-refractivity contribution in [2.75, 3.05) is 5.88 Å². The van der Waals surface area contributed by atoms with Gasteiger partial charge in [-0.25, -0.2) is 0 Å². The average molecular weight is 185 g/mol. The van der Waals surface area contributed by atoms with E-state index in [9.17, 15) is 4.79 Å². The Labute approximate surface area is 72.7 Å². The Balaban J connectivity index is 0. The monoisotopic (exact) mass is 184 g/mol. The van der Waals surface area contributed by atoms with Gasteiger partial charge in [0.25, 0.3) is 0 Å². The number of halogens is 2. The fourth-order valence-electron chi connectivity index (χ4n) is 0.134. The summed E-state index contributed by atoms with van der Waals surface area (Å²) >= 11 is 10.1. The highest BCUT2D eigenvalue weighted by Gasteiger charge is 1.81. The highest BCUT2D eigenvalue weighted by atomic mass is 35.5. The fraction of sp³-hybridized carbons (Fsp3) is 0.857. The van der Waals surface area contributed by atoms with Crippen LogP contribution in [-0.2, 0) is 4.79 Å². The molecule has 0 aliphatic carbocycles. The molecule has 3 heteroatoms. The summed E-state index contributed by atoms with van der Waals surface area (Å²) in [5.41, 5.74) is 0. The molecule has 0 aromatic rings. The van der Waals surface area contributed by atoms with Crippen LogP contribution >= 0.6 is 23.2 Å². The minimum absolute atomic E-state index is 0.273. The number of alkyl halides is 1.